The number of nitrogens with zero attached hydrogens (tertiary/aromatic N) is 5. The number of aryl methyl sites for hydroxylation is 2. The third-order valence-electron chi connectivity index (χ3n) is 11.4. The number of carbonyl (C=O) groups is 2. The van der Waals surface area contributed by atoms with Crippen molar-refractivity contribution in [3.05, 3.63) is 137 Å². The first-order valence-electron chi connectivity index (χ1n) is 18.5. The van der Waals surface area contributed by atoms with Crippen molar-refractivity contribution in [2.45, 2.75) is 75.5 Å². The lowest BCUT2D eigenvalue weighted by Gasteiger charge is -2.32. The van der Waals surface area contributed by atoms with Crippen molar-refractivity contribution in [1.82, 2.24) is 15.0 Å². The Hall–Kier alpha value is -4.94. The van der Waals surface area contributed by atoms with Crippen LogP contribution in [0.3, 0.4) is 0 Å². The smallest absolute Gasteiger partial charge is 0.264 e. The Morgan fingerprint density at radius 3 is 2.43 bits per heavy atom. The molecule has 8 rings (SSSR count). The SMILES string of the molecule is C[C@@H]1[C@@H]([Si](C)(C)O)[C@H](CCn2cc(C(CO)c3ccccc3)nn2)O[C@@]12C(=O)N(Cc1cccc(N3C(=O)CCc4ccccc43)c1)c1ccccc12. The molecule has 0 bridgehead atoms. The second kappa shape index (κ2) is 13.8. The fourth-order valence-electron chi connectivity index (χ4n) is 9.04. The second-order valence-electron chi connectivity index (χ2n) is 15.1. The molecule has 10 nitrogen and oxygen atoms in total. The molecule has 1 unspecified atom stereocenters. The summed E-state index contributed by atoms with van der Waals surface area (Å²) in [6.07, 6.45) is 3.14. The fourth-order valence-corrected chi connectivity index (χ4v) is 11.6. The van der Waals surface area contributed by atoms with Gasteiger partial charge in [-0.25, -0.2) is 0 Å². The molecule has 272 valence electrons. The predicted octanol–water partition coefficient (Wildman–Crippen LogP) is 6.45. The molecule has 3 aliphatic rings. The monoisotopic (exact) mass is 727 g/mol. The highest BCUT2D eigenvalue weighted by Gasteiger charge is 2.66. The summed E-state index contributed by atoms with van der Waals surface area (Å²) in [6.45, 7) is 6.59. The van der Waals surface area contributed by atoms with E-state index in [2.05, 4.69) is 16.4 Å². The van der Waals surface area contributed by atoms with Crippen molar-refractivity contribution in [2.75, 3.05) is 16.4 Å². The molecular weight excluding hydrogens is 683 g/mol. The zero-order valence-corrected chi connectivity index (χ0v) is 31.3. The highest BCUT2D eigenvalue weighted by molar-refractivity contribution is 6.71. The molecular formula is C42H45N5O5Si. The van der Waals surface area contributed by atoms with Crippen LogP contribution in [0.4, 0.5) is 17.1 Å². The molecule has 4 heterocycles. The van der Waals surface area contributed by atoms with E-state index in [0.29, 0.717) is 31.6 Å². The highest BCUT2D eigenvalue weighted by Crippen LogP contribution is 2.59. The molecule has 2 N–H and O–H groups in total. The number of fused-ring (bicyclic) bond motifs is 3. The summed E-state index contributed by atoms with van der Waals surface area (Å²) in [7, 11) is -2.87. The Labute approximate surface area is 310 Å². The van der Waals surface area contributed by atoms with Gasteiger partial charge < -0.3 is 19.5 Å². The van der Waals surface area contributed by atoms with Gasteiger partial charge in [-0.15, -0.1) is 5.10 Å². The van der Waals surface area contributed by atoms with E-state index in [1.54, 1.807) is 9.58 Å². The van der Waals surface area contributed by atoms with Crippen LogP contribution < -0.4 is 9.80 Å². The van der Waals surface area contributed by atoms with Crippen molar-refractivity contribution in [1.29, 1.82) is 0 Å². The Kier molecular flexibility index (Phi) is 9.14. The summed E-state index contributed by atoms with van der Waals surface area (Å²) < 4.78 is 8.80. The fraction of sp³-hybridized carbons (Fsp3) is 0.333. The number of para-hydroxylation sites is 2. The van der Waals surface area contributed by atoms with Crippen molar-refractivity contribution in [2.24, 2.45) is 5.92 Å². The Bertz CT molecular complexity index is 2150. The summed E-state index contributed by atoms with van der Waals surface area (Å²) in [6, 6.07) is 33.5. The van der Waals surface area contributed by atoms with Crippen LogP contribution in [-0.2, 0) is 39.4 Å². The third-order valence-corrected chi connectivity index (χ3v) is 13.9. The number of aliphatic hydroxyl groups is 1. The van der Waals surface area contributed by atoms with Crippen molar-refractivity contribution in [3.8, 4) is 0 Å². The minimum absolute atomic E-state index is 0.0509. The molecule has 3 aliphatic heterocycles. The minimum Gasteiger partial charge on any atom is -0.432 e. The molecule has 0 aliphatic carbocycles. The number of benzene rings is 4. The molecule has 0 radical (unpaired) electrons. The van der Waals surface area contributed by atoms with Crippen molar-refractivity contribution in [3.63, 3.8) is 0 Å². The third kappa shape index (κ3) is 6.11. The Morgan fingerprint density at radius 2 is 1.66 bits per heavy atom. The van der Waals surface area contributed by atoms with Crippen LogP contribution >= 0.6 is 0 Å². The highest BCUT2D eigenvalue weighted by atomic mass is 28.4. The first-order valence-corrected chi connectivity index (χ1v) is 21.5. The predicted molar refractivity (Wildman–Crippen MR) is 205 cm³/mol. The average Bonchev–Trinajstić information content (AvgIpc) is 3.82. The van der Waals surface area contributed by atoms with E-state index in [0.717, 1.165) is 45.7 Å². The van der Waals surface area contributed by atoms with Crippen LogP contribution in [0, 0.1) is 5.92 Å². The molecule has 53 heavy (non-hydrogen) atoms. The van der Waals surface area contributed by atoms with E-state index in [1.165, 1.54) is 0 Å². The van der Waals surface area contributed by atoms with Crippen molar-refractivity contribution < 1.29 is 24.2 Å². The summed E-state index contributed by atoms with van der Waals surface area (Å²) in [5, 5.41) is 19.0. The number of carbonyl (C=O) groups excluding carboxylic acids is 2. The lowest BCUT2D eigenvalue weighted by atomic mass is 9.82. The van der Waals surface area contributed by atoms with Crippen LogP contribution in [0.5, 0.6) is 0 Å². The number of amides is 2. The number of aliphatic hydroxyl groups excluding tert-OH is 1. The molecule has 4 aromatic carbocycles. The standard InChI is InChI=1S/C42H45N5O5Si/c1-28-40(53(2,3)51)38(22-23-45-26-35(43-44-45)33(27-48)30-13-5-4-6-14-30)52-42(28)34-17-8-10-19-37(34)46(41(42)50)25-29-12-11-16-32(24-29)47-36-18-9-7-15-31(36)20-21-39(47)49/h4-19,24,26,28,33,38,40,48,51H,20-23,25,27H2,1-3H3/t28-,33?,38+,40-,42+/m1/s1. The summed E-state index contributed by atoms with van der Waals surface area (Å²) >= 11 is 0. The quantitative estimate of drug-likeness (QED) is 0.159. The minimum atomic E-state index is -2.87. The lowest BCUT2D eigenvalue weighted by Crippen LogP contribution is -2.46. The van der Waals surface area contributed by atoms with E-state index in [1.807, 2.05) is 128 Å². The van der Waals surface area contributed by atoms with Gasteiger partial charge in [0, 0.05) is 41.9 Å². The summed E-state index contributed by atoms with van der Waals surface area (Å²) in [5.74, 6) is -0.675. The summed E-state index contributed by atoms with van der Waals surface area (Å²) in [5.41, 5.74) is 5.47. The normalized spacial score (nSPS) is 23.1. The van der Waals surface area contributed by atoms with Crippen molar-refractivity contribution >= 4 is 37.2 Å². The van der Waals surface area contributed by atoms with E-state index in [4.69, 9.17) is 4.74 Å². The van der Waals surface area contributed by atoms with E-state index in [9.17, 15) is 19.5 Å². The maximum Gasteiger partial charge on any atom is 0.264 e. The molecule has 0 saturated carbocycles. The van der Waals surface area contributed by atoms with Gasteiger partial charge in [-0.05, 0) is 66.9 Å². The molecule has 5 aromatic rings. The second-order valence-corrected chi connectivity index (χ2v) is 19.1. The molecule has 11 heteroatoms. The maximum absolute atomic E-state index is 15.0. The zero-order chi connectivity index (χ0) is 36.9. The van der Waals surface area contributed by atoms with Gasteiger partial charge in [0.25, 0.3) is 5.91 Å². The van der Waals surface area contributed by atoms with Gasteiger partial charge in [0.1, 0.15) is 0 Å². The number of hydrogen-bond acceptors (Lipinski definition) is 7. The Balaban J connectivity index is 1.07. The van der Waals surface area contributed by atoms with Crippen LogP contribution in [0.15, 0.2) is 109 Å². The van der Waals surface area contributed by atoms with Crippen LogP contribution in [0.25, 0.3) is 0 Å². The van der Waals surface area contributed by atoms with Gasteiger partial charge >= 0.3 is 0 Å². The lowest BCUT2D eigenvalue weighted by molar-refractivity contribution is -0.146. The first kappa shape index (κ1) is 35.1. The first-order chi connectivity index (χ1) is 25.6. The largest absolute Gasteiger partial charge is 0.432 e. The number of rotatable bonds is 10. The molecule has 1 aromatic heterocycles. The number of aromatic nitrogens is 3. The average molecular weight is 728 g/mol. The number of ether oxygens (including phenoxy) is 1. The van der Waals surface area contributed by atoms with Gasteiger partial charge in [-0.1, -0.05) is 91.0 Å². The van der Waals surface area contributed by atoms with Crippen LogP contribution in [-0.4, -0.2) is 57.7 Å². The topological polar surface area (TPSA) is 121 Å². The number of anilines is 3. The van der Waals surface area contributed by atoms with Crippen LogP contribution in [0.2, 0.25) is 18.6 Å². The van der Waals surface area contributed by atoms with Gasteiger partial charge in [0.2, 0.25) is 5.91 Å². The Morgan fingerprint density at radius 1 is 0.925 bits per heavy atom. The molecule has 1 spiro atoms. The van der Waals surface area contributed by atoms with Gasteiger partial charge in [0.05, 0.1) is 42.2 Å². The van der Waals surface area contributed by atoms with E-state index < -0.39 is 20.0 Å². The molecule has 1 saturated heterocycles. The molecule has 5 atom stereocenters. The van der Waals surface area contributed by atoms with Crippen LogP contribution in [0.1, 0.15) is 53.6 Å². The molecule has 1 fully saturated rings. The van der Waals surface area contributed by atoms with E-state index in [-0.39, 0.29) is 35.8 Å². The summed E-state index contributed by atoms with van der Waals surface area (Å²) in [4.78, 5) is 43.5. The van der Waals surface area contributed by atoms with Gasteiger partial charge in [0.15, 0.2) is 13.9 Å². The molecule has 2 amide bonds. The van der Waals surface area contributed by atoms with Gasteiger partial charge in [-0.3, -0.25) is 19.2 Å². The zero-order valence-electron chi connectivity index (χ0n) is 30.3. The maximum atomic E-state index is 15.0. The van der Waals surface area contributed by atoms with E-state index >= 15 is 0 Å². The van der Waals surface area contributed by atoms with Gasteiger partial charge in [-0.2, -0.15) is 0 Å². The number of hydrogen-bond donors (Lipinski definition) is 2.